The van der Waals surface area contributed by atoms with Crippen molar-refractivity contribution in [3.8, 4) is 22.9 Å². The van der Waals surface area contributed by atoms with E-state index in [1.807, 2.05) is 36.4 Å². The van der Waals surface area contributed by atoms with Gasteiger partial charge in [0.2, 0.25) is 0 Å². The number of halogens is 1. The van der Waals surface area contributed by atoms with Crippen molar-refractivity contribution in [2.75, 3.05) is 26.1 Å². The Labute approximate surface area is 180 Å². The van der Waals surface area contributed by atoms with Crippen LogP contribution in [-0.2, 0) is 0 Å². The van der Waals surface area contributed by atoms with Crippen molar-refractivity contribution in [3.05, 3.63) is 40.9 Å². The summed E-state index contributed by atoms with van der Waals surface area (Å²) < 4.78 is 12.0. The maximum Gasteiger partial charge on any atom is 0.162 e. The number of methoxy groups -OCH3 is 2. The van der Waals surface area contributed by atoms with E-state index < -0.39 is 0 Å². The molecule has 0 bridgehead atoms. The molecule has 0 atom stereocenters. The third-order valence-corrected chi connectivity index (χ3v) is 6.12. The highest BCUT2D eigenvalue weighted by Gasteiger charge is 2.17. The molecule has 1 N–H and O–H groups in total. The lowest BCUT2D eigenvalue weighted by Crippen LogP contribution is -2.18. The molecule has 0 amide bonds. The minimum absolute atomic E-state index is 0.665. The minimum atomic E-state index is 0.665. The van der Waals surface area contributed by atoms with Crippen LogP contribution in [0, 0.1) is 5.92 Å². The average Bonchev–Trinajstić information content (AvgIpc) is 2.77. The minimum Gasteiger partial charge on any atom is -0.493 e. The Bertz CT molecular complexity index is 986. The number of hydrogen-bond acceptors (Lipinski definition) is 5. The smallest absolute Gasteiger partial charge is 0.162 e. The van der Waals surface area contributed by atoms with Crippen LogP contribution in [0.25, 0.3) is 22.3 Å². The molecule has 2 aromatic carbocycles. The summed E-state index contributed by atoms with van der Waals surface area (Å²) in [6.07, 6.45) is 6.58. The molecule has 1 saturated carbocycles. The van der Waals surface area contributed by atoms with Crippen LogP contribution >= 0.6 is 15.9 Å². The largest absolute Gasteiger partial charge is 0.493 e. The van der Waals surface area contributed by atoms with Crippen LogP contribution in [0.15, 0.2) is 40.9 Å². The summed E-state index contributed by atoms with van der Waals surface area (Å²) in [4.78, 5) is 9.69. The summed E-state index contributed by atoms with van der Waals surface area (Å²) in [5.41, 5.74) is 1.81. The van der Waals surface area contributed by atoms with E-state index in [2.05, 4.69) is 21.2 Å². The number of anilines is 1. The fourth-order valence-corrected chi connectivity index (χ4v) is 4.22. The van der Waals surface area contributed by atoms with Gasteiger partial charge >= 0.3 is 0 Å². The van der Waals surface area contributed by atoms with Crippen LogP contribution in [0.1, 0.15) is 32.1 Å². The van der Waals surface area contributed by atoms with Gasteiger partial charge in [-0.3, -0.25) is 0 Å². The second kappa shape index (κ2) is 8.99. The molecular weight excluding hydrogens is 430 g/mol. The molecule has 0 radical (unpaired) electrons. The van der Waals surface area contributed by atoms with Crippen LogP contribution in [-0.4, -0.2) is 30.7 Å². The van der Waals surface area contributed by atoms with E-state index in [0.717, 1.165) is 33.3 Å². The molecule has 1 heterocycles. The molecular formula is C23H26BrN3O2. The predicted octanol–water partition coefficient (Wildman–Crippen LogP) is 6.07. The number of aromatic nitrogens is 2. The molecule has 0 spiro atoms. The maximum absolute atomic E-state index is 5.51. The Morgan fingerprint density at radius 3 is 2.34 bits per heavy atom. The zero-order valence-electron chi connectivity index (χ0n) is 16.9. The Hall–Kier alpha value is -2.34. The van der Waals surface area contributed by atoms with Crippen LogP contribution in [0.4, 0.5) is 5.82 Å². The van der Waals surface area contributed by atoms with Gasteiger partial charge in [-0.1, -0.05) is 47.3 Å². The summed E-state index contributed by atoms with van der Waals surface area (Å²) in [5, 5.41) is 4.55. The van der Waals surface area contributed by atoms with Gasteiger partial charge in [-0.2, -0.15) is 0 Å². The first kappa shape index (κ1) is 20.0. The summed E-state index contributed by atoms with van der Waals surface area (Å²) in [6.45, 7) is 0.931. The zero-order chi connectivity index (χ0) is 20.2. The van der Waals surface area contributed by atoms with Crippen molar-refractivity contribution in [2.45, 2.75) is 32.1 Å². The fraction of sp³-hybridized carbons (Fsp3) is 0.391. The number of ether oxygens (including phenoxy) is 2. The predicted molar refractivity (Wildman–Crippen MR) is 121 cm³/mol. The molecule has 1 fully saturated rings. The van der Waals surface area contributed by atoms with Gasteiger partial charge in [0, 0.05) is 28.0 Å². The number of fused-ring (bicyclic) bond motifs is 1. The van der Waals surface area contributed by atoms with E-state index >= 15 is 0 Å². The molecule has 4 rings (SSSR count). The van der Waals surface area contributed by atoms with Gasteiger partial charge in [0.25, 0.3) is 0 Å². The highest BCUT2D eigenvalue weighted by atomic mass is 79.9. The van der Waals surface area contributed by atoms with E-state index in [4.69, 9.17) is 19.4 Å². The Morgan fingerprint density at radius 2 is 1.66 bits per heavy atom. The second-order valence-corrected chi connectivity index (χ2v) is 8.43. The first-order valence-corrected chi connectivity index (χ1v) is 10.9. The van der Waals surface area contributed by atoms with E-state index in [0.29, 0.717) is 23.2 Å². The normalized spacial score (nSPS) is 14.7. The number of nitrogens with zero attached hydrogens (tertiary/aromatic N) is 2. The van der Waals surface area contributed by atoms with Crippen molar-refractivity contribution >= 4 is 32.7 Å². The Kier molecular flexibility index (Phi) is 6.19. The van der Waals surface area contributed by atoms with Gasteiger partial charge in [-0.25, -0.2) is 9.97 Å². The van der Waals surface area contributed by atoms with E-state index in [1.165, 1.54) is 32.1 Å². The second-order valence-electron chi connectivity index (χ2n) is 7.51. The highest BCUT2D eigenvalue weighted by Crippen LogP contribution is 2.35. The fourth-order valence-electron chi connectivity index (χ4n) is 3.95. The van der Waals surface area contributed by atoms with E-state index in [1.54, 1.807) is 14.2 Å². The molecule has 5 nitrogen and oxygen atoms in total. The van der Waals surface area contributed by atoms with Gasteiger partial charge in [0.05, 0.1) is 19.7 Å². The van der Waals surface area contributed by atoms with E-state index in [9.17, 15) is 0 Å². The molecule has 152 valence electrons. The number of nitrogens with one attached hydrogen (secondary N) is 1. The summed E-state index contributed by atoms with van der Waals surface area (Å²) in [5.74, 6) is 3.59. The zero-order valence-corrected chi connectivity index (χ0v) is 18.5. The SMILES string of the molecule is COc1cc2nc(-c3ccc(Br)cc3)nc(NCC3CCCCC3)c2cc1OC. The lowest BCUT2D eigenvalue weighted by atomic mass is 9.89. The third-order valence-electron chi connectivity index (χ3n) is 5.59. The molecule has 6 heteroatoms. The first-order chi connectivity index (χ1) is 14.2. The summed E-state index contributed by atoms with van der Waals surface area (Å²) in [7, 11) is 3.29. The monoisotopic (exact) mass is 455 g/mol. The van der Waals surface area contributed by atoms with Gasteiger partial charge in [-0.15, -0.1) is 0 Å². The third kappa shape index (κ3) is 4.47. The Balaban J connectivity index is 1.76. The summed E-state index contributed by atoms with van der Waals surface area (Å²) in [6, 6.07) is 11.9. The van der Waals surface area contributed by atoms with Crippen LogP contribution in [0.2, 0.25) is 0 Å². The Morgan fingerprint density at radius 1 is 0.966 bits per heavy atom. The van der Waals surface area contributed by atoms with Gasteiger partial charge < -0.3 is 14.8 Å². The van der Waals surface area contributed by atoms with Crippen molar-refractivity contribution in [3.63, 3.8) is 0 Å². The number of benzene rings is 2. The average molecular weight is 456 g/mol. The number of hydrogen-bond donors (Lipinski definition) is 1. The highest BCUT2D eigenvalue weighted by molar-refractivity contribution is 9.10. The lowest BCUT2D eigenvalue weighted by molar-refractivity contribution is 0.356. The van der Waals surface area contributed by atoms with Crippen molar-refractivity contribution < 1.29 is 9.47 Å². The number of rotatable bonds is 6. The van der Waals surface area contributed by atoms with Crippen molar-refractivity contribution in [1.29, 1.82) is 0 Å². The molecule has 29 heavy (non-hydrogen) atoms. The van der Waals surface area contributed by atoms with Crippen LogP contribution in [0.3, 0.4) is 0 Å². The van der Waals surface area contributed by atoms with Gasteiger partial charge in [0.15, 0.2) is 17.3 Å². The van der Waals surface area contributed by atoms with Gasteiger partial charge in [0.1, 0.15) is 5.82 Å². The van der Waals surface area contributed by atoms with E-state index in [-0.39, 0.29) is 0 Å². The molecule has 0 saturated heterocycles. The molecule has 0 aliphatic heterocycles. The molecule has 1 aliphatic carbocycles. The maximum atomic E-state index is 5.51. The lowest BCUT2D eigenvalue weighted by Gasteiger charge is -2.22. The van der Waals surface area contributed by atoms with Gasteiger partial charge in [-0.05, 0) is 37.0 Å². The molecule has 1 aliphatic rings. The topological polar surface area (TPSA) is 56.3 Å². The summed E-state index contributed by atoms with van der Waals surface area (Å²) >= 11 is 3.49. The quantitative estimate of drug-likeness (QED) is 0.488. The molecule has 0 unspecified atom stereocenters. The first-order valence-electron chi connectivity index (χ1n) is 10.1. The molecule has 3 aromatic rings. The standard InChI is InChI=1S/C23H26BrN3O2/c1-28-20-12-18-19(13-21(20)29-2)26-22(16-8-10-17(24)11-9-16)27-23(18)25-14-15-6-4-3-5-7-15/h8-13,15H,3-7,14H2,1-2H3,(H,25,26,27). The van der Waals surface area contributed by atoms with Crippen LogP contribution < -0.4 is 14.8 Å². The molecule has 1 aromatic heterocycles. The van der Waals surface area contributed by atoms with Crippen LogP contribution in [0.5, 0.6) is 11.5 Å². The van der Waals surface area contributed by atoms with Crippen molar-refractivity contribution in [2.24, 2.45) is 5.92 Å². The van der Waals surface area contributed by atoms with Crippen molar-refractivity contribution in [1.82, 2.24) is 9.97 Å².